The maximum Gasteiger partial charge on any atom is 0.317 e. The molecule has 0 saturated heterocycles. The number of sulfone groups is 1. The topological polar surface area (TPSA) is 74.7 Å². The van der Waals surface area contributed by atoms with Crippen molar-refractivity contribution in [3.8, 4) is 0 Å². The minimum Gasteiger partial charge on any atom is -0.480 e. The van der Waals surface area contributed by atoms with Crippen LogP contribution < -0.4 is 0 Å². The molecule has 1 aromatic rings. The van der Waals surface area contributed by atoms with E-state index in [1.54, 1.807) is 7.05 Å². The van der Waals surface area contributed by atoms with Crippen molar-refractivity contribution in [2.45, 2.75) is 4.90 Å². The summed E-state index contributed by atoms with van der Waals surface area (Å²) in [6, 6.07) is 5.90. The zero-order valence-corrected chi connectivity index (χ0v) is 11.4. The molecule has 1 rings (SSSR count). The molecule has 0 aliphatic carbocycles. The van der Waals surface area contributed by atoms with Gasteiger partial charge in [-0.3, -0.25) is 9.69 Å². The number of likely N-dealkylation sites (N-methyl/N-ethyl adjacent to an activating group) is 1. The summed E-state index contributed by atoms with van der Waals surface area (Å²) in [5.41, 5.74) is 0. The molecule has 0 radical (unpaired) electrons. The molecule has 1 N–H and O–H groups in total. The van der Waals surface area contributed by atoms with Crippen molar-refractivity contribution in [3.05, 3.63) is 29.3 Å². The molecule has 0 fully saturated rings. The number of benzene rings is 1. The number of aliphatic carboxylic acids is 1. The molecule has 1 aromatic carbocycles. The van der Waals surface area contributed by atoms with E-state index in [1.807, 2.05) is 0 Å². The van der Waals surface area contributed by atoms with Gasteiger partial charge in [0.25, 0.3) is 0 Å². The molecule has 0 atom stereocenters. The van der Waals surface area contributed by atoms with Crippen molar-refractivity contribution < 1.29 is 18.3 Å². The van der Waals surface area contributed by atoms with Crippen LogP contribution in [0.1, 0.15) is 0 Å². The van der Waals surface area contributed by atoms with E-state index in [0.29, 0.717) is 5.02 Å². The van der Waals surface area contributed by atoms with Crippen LogP contribution in [0.25, 0.3) is 0 Å². The average molecular weight is 292 g/mol. The first-order chi connectivity index (χ1) is 8.31. The summed E-state index contributed by atoms with van der Waals surface area (Å²) in [5, 5.41) is 9.02. The Bertz CT molecular complexity index is 512. The van der Waals surface area contributed by atoms with Crippen molar-refractivity contribution in [2.75, 3.05) is 25.9 Å². The van der Waals surface area contributed by atoms with Crippen LogP contribution in [0.4, 0.5) is 0 Å². The van der Waals surface area contributed by atoms with Gasteiger partial charge in [-0.15, -0.1) is 0 Å². The SMILES string of the molecule is CN(CCS(=O)(=O)c1ccc(Cl)cc1)CC(=O)O. The Balaban J connectivity index is 2.65. The van der Waals surface area contributed by atoms with Crippen LogP contribution in [0.2, 0.25) is 5.02 Å². The summed E-state index contributed by atoms with van der Waals surface area (Å²) in [6.07, 6.45) is 0. The Morgan fingerprint density at radius 2 is 1.89 bits per heavy atom. The quantitative estimate of drug-likeness (QED) is 0.850. The standard InChI is InChI=1S/C11H14ClNO4S/c1-13(8-11(14)15)6-7-18(16,17)10-4-2-9(12)3-5-10/h2-5H,6-8H2,1H3,(H,14,15). The second kappa shape index (κ2) is 6.17. The molecule has 5 nitrogen and oxygen atoms in total. The lowest BCUT2D eigenvalue weighted by Gasteiger charge is -2.13. The van der Waals surface area contributed by atoms with Gasteiger partial charge in [-0.05, 0) is 31.3 Å². The van der Waals surface area contributed by atoms with Gasteiger partial charge in [-0.1, -0.05) is 11.6 Å². The molecule has 0 amide bonds. The summed E-state index contributed by atoms with van der Waals surface area (Å²) in [5.74, 6) is -1.11. The molecular weight excluding hydrogens is 278 g/mol. The first-order valence-corrected chi connectivity index (χ1v) is 7.23. The second-order valence-corrected chi connectivity index (χ2v) is 6.45. The lowest BCUT2D eigenvalue weighted by atomic mass is 10.4. The monoisotopic (exact) mass is 291 g/mol. The van der Waals surface area contributed by atoms with E-state index in [2.05, 4.69) is 0 Å². The van der Waals surface area contributed by atoms with E-state index in [0.717, 1.165) is 0 Å². The minimum atomic E-state index is -3.40. The molecular formula is C11H14ClNO4S. The summed E-state index contributed by atoms with van der Waals surface area (Å²) < 4.78 is 23.8. The normalized spacial score (nSPS) is 11.7. The Kier molecular flexibility index (Phi) is 5.13. The number of carboxylic acids is 1. The molecule has 100 valence electrons. The smallest absolute Gasteiger partial charge is 0.317 e. The van der Waals surface area contributed by atoms with E-state index in [-0.39, 0.29) is 23.7 Å². The van der Waals surface area contributed by atoms with Crippen LogP contribution in [0.15, 0.2) is 29.2 Å². The highest BCUT2D eigenvalue weighted by Crippen LogP contribution is 2.15. The number of hydrogen-bond acceptors (Lipinski definition) is 4. The Morgan fingerprint density at radius 3 is 2.39 bits per heavy atom. The van der Waals surface area contributed by atoms with E-state index in [4.69, 9.17) is 16.7 Å². The Labute approximate surface area is 111 Å². The molecule has 0 aliphatic rings. The van der Waals surface area contributed by atoms with Crippen LogP contribution in [0.5, 0.6) is 0 Å². The van der Waals surface area contributed by atoms with Gasteiger partial charge in [0.15, 0.2) is 9.84 Å². The molecule has 0 aliphatic heterocycles. The summed E-state index contributed by atoms with van der Waals surface area (Å²) >= 11 is 5.68. The Morgan fingerprint density at radius 1 is 1.33 bits per heavy atom. The van der Waals surface area contributed by atoms with Crippen LogP contribution in [0, 0.1) is 0 Å². The first kappa shape index (κ1) is 14.9. The fourth-order valence-electron chi connectivity index (χ4n) is 1.35. The second-order valence-electron chi connectivity index (χ2n) is 3.90. The zero-order valence-electron chi connectivity index (χ0n) is 9.84. The predicted octanol–water partition coefficient (Wildman–Crippen LogP) is 1.13. The molecule has 0 heterocycles. The molecule has 18 heavy (non-hydrogen) atoms. The van der Waals surface area contributed by atoms with E-state index < -0.39 is 15.8 Å². The van der Waals surface area contributed by atoms with E-state index >= 15 is 0 Å². The third-order valence-electron chi connectivity index (χ3n) is 2.32. The van der Waals surface area contributed by atoms with E-state index in [9.17, 15) is 13.2 Å². The fraction of sp³-hybridized carbons (Fsp3) is 0.364. The minimum absolute atomic E-state index is 0.127. The summed E-state index contributed by atoms with van der Waals surface area (Å²) in [4.78, 5) is 12.1. The summed E-state index contributed by atoms with van der Waals surface area (Å²) in [7, 11) is -1.84. The van der Waals surface area contributed by atoms with Gasteiger partial charge in [-0.2, -0.15) is 0 Å². The number of rotatable bonds is 6. The van der Waals surface area contributed by atoms with Crippen molar-refractivity contribution in [1.82, 2.24) is 4.90 Å². The van der Waals surface area contributed by atoms with Crippen molar-refractivity contribution in [2.24, 2.45) is 0 Å². The number of halogens is 1. The first-order valence-electron chi connectivity index (χ1n) is 5.20. The number of carboxylic acid groups (broad SMARTS) is 1. The number of carbonyl (C=O) groups is 1. The maximum atomic E-state index is 11.9. The molecule has 0 aromatic heterocycles. The van der Waals surface area contributed by atoms with Crippen LogP contribution >= 0.6 is 11.6 Å². The van der Waals surface area contributed by atoms with Crippen LogP contribution in [-0.2, 0) is 14.6 Å². The van der Waals surface area contributed by atoms with Crippen LogP contribution in [0.3, 0.4) is 0 Å². The van der Waals surface area contributed by atoms with E-state index in [1.165, 1.54) is 29.2 Å². The van der Waals surface area contributed by atoms with Crippen LogP contribution in [-0.4, -0.2) is 50.3 Å². The van der Waals surface area contributed by atoms with Crippen molar-refractivity contribution >= 4 is 27.4 Å². The Hall–Kier alpha value is -1.11. The maximum absolute atomic E-state index is 11.9. The highest BCUT2D eigenvalue weighted by atomic mass is 35.5. The average Bonchev–Trinajstić information content (AvgIpc) is 2.26. The molecule has 0 unspecified atom stereocenters. The predicted molar refractivity (Wildman–Crippen MR) is 68.6 cm³/mol. The largest absolute Gasteiger partial charge is 0.480 e. The highest BCUT2D eigenvalue weighted by Gasteiger charge is 2.15. The van der Waals surface area contributed by atoms with Gasteiger partial charge in [0.05, 0.1) is 17.2 Å². The van der Waals surface area contributed by atoms with Crippen molar-refractivity contribution in [3.63, 3.8) is 0 Å². The fourth-order valence-corrected chi connectivity index (χ4v) is 2.81. The van der Waals surface area contributed by atoms with Gasteiger partial charge in [0.1, 0.15) is 0 Å². The van der Waals surface area contributed by atoms with Gasteiger partial charge in [-0.25, -0.2) is 8.42 Å². The zero-order chi connectivity index (χ0) is 13.8. The number of nitrogens with zero attached hydrogens (tertiary/aromatic N) is 1. The third-order valence-corrected chi connectivity index (χ3v) is 4.28. The molecule has 0 saturated carbocycles. The molecule has 0 spiro atoms. The van der Waals surface area contributed by atoms with Gasteiger partial charge >= 0.3 is 5.97 Å². The number of hydrogen-bond donors (Lipinski definition) is 1. The lowest BCUT2D eigenvalue weighted by Crippen LogP contribution is -2.30. The van der Waals surface area contributed by atoms with Gasteiger partial charge < -0.3 is 5.11 Å². The van der Waals surface area contributed by atoms with Gasteiger partial charge in [0.2, 0.25) is 0 Å². The third kappa shape index (κ3) is 4.64. The highest BCUT2D eigenvalue weighted by molar-refractivity contribution is 7.91. The molecule has 0 bridgehead atoms. The van der Waals surface area contributed by atoms with Gasteiger partial charge in [0, 0.05) is 11.6 Å². The molecule has 7 heteroatoms. The summed E-state index contributed by atoms with van der Waals surface area (Å²) in [6.45, 7) is -0.0204. The lowest BCUT2D eigenvalue weighted by molar-refractivity contribution is -0.137. The van der Waals surface area contributed by atoms with Crippen molar-refractivity contribution in [1.29, 1.82) is 0 Å².